The third-order valence-electron chi connectivity index (χ3n) is 5.45. The van der Waals surface area contributed by atoms with E-state index in [1.54, 1.807) is 24.8 Å². The van der Waals surface area contributed by atoms with Gasteiger partial charge in [-0.15, -0.1) is 0 Å². The summed E-state index contributed by atoms with van der Waals surface area (Å²) in [5.41, 5.74) is 1.23. The summed E-state index contributed by atoms with van der Waals surface area (Å²) < 4.78 is 12.2. The molecule has 2 aliphatic heterocycles. The second kappa shape index (κ2) is 7.60. The van der Waals surface area contributed by atoms with Crippen LogP contribution in [0.2, 0.25) is 0 Å². The zero-order valence-corrected chi connectivity index (χ0v) is 15.5. The molecule has 1 spiro atoms. The van der Waals surface area contributed by atoms with Crippen LogP contribution in [0.3, 0.4) is 0 Å². The van der Waals surface area contributed by atoms with Crippen LogP contribution in [0.4, 0.5) is 0 Å². The smallest absolute Gasteiger partial charge is 0.272 e. The Morgan fingerprint density at radius 1 is 1.26 bits per heavy atom. The average Bonchev–Trinajstić information content (AvgIpc) is 2.69. The highest BCUT2D eigenvalue weighted by Gasteiger charge is 2.42. The van der Waals surface area contributed by atoms with Crippen molar-refractivity contribution in [2.45, 2.75) is 44.3 Å². The first-order chi connectivity index (χ1) is 13.2. The van der Waals surface area contributed by atoms with Crippen LogP contribution < -0.4 is 4.74 Å². The Kier molecular flexibility index (Phi) is 5.03. The maximum atomic E-state index is 12.8. The van der Waals surface area contributed by atoms with E-state index in [-0.39, 0.29) is 17.6 Å². The number of nitrogens with zero attached hydrogens (tertiary/aromatic N) is 4. The summed E-state index contributed by atoms with van der Waals surface area (Å²) in [6.07, 6.45) is 9.92. The number of aryl methyl sites for hydroxylation is 1. The lowest BCUT2D eigenvalue weighted by Crippen LogP contribution is -2.52. The molecule has 1 unspecified atom stereocenters. The molecule has 1 amide bonds. The van der Waals surface area contributed by atoms with Gasteiger partial charge in [0.1, 0.15) is 11.8 Å². The zero-order chi connectivity index (χ0) is 18.7. The molecule has 0 radical (unpaired) electrons. The van der Waals surface area contributed by atoms with Crippen LogP contribution in [0.25, 0.3) is 0 Å². The maximum absolute atomic E-state index is 12.8. The van der Waals surface area contributed by atoms with Crippen molar-refractivity contribution in [3.8, 4) is 5.88 Å². The van der Waals surface area contributed by atoms with E-state index in [0.717, 1.165) is 31.2 Å². The van der Waals surface area contributed by atoms with Gasteiger partial charge in [-0.1, -0.05) is 6.07 Å². The molecule has 142 valence electrons. The van der Waals surface area contributed by atoms with Gasteiger partial charge in [0.25, 0.3) is 5.91 Å². The van der Waals surface area contributed by atoms with Crippen molar-refractivity contribution in [3.63, 3.8) is 0 Å². The first kappa shape index (κ1) is 17.9. The van der Waals surface area contributed by atoms with Gasteiger partial charge in [0.2, 0.25) is 5.88 Å². The molecule has 0 aliphatic carbocycles. The monoisotopic (exact) mass is 368 g/mol. The van der Waals surface area contributed by atoms with Crippen LogP contribution in [0.1, 0.15) is 41.7 Å². The number of aromatic nitrogens is 3. The quantitative estimate of drug-likeness (QED) is 0.828. The topological polar surface area (TPSA) is 77.4 Å². The van der Waals surface area contributed by atoms with E-state index in [1.807, 2.05) is 24.0 Å². The SMILES string of the molecule is Cc1cccnc1C(=O)N1CCC2(CC1)CC(Oc1cnccn1)CCO2. The fourth-order valence-corrected chi connectivity index (χ4v) is 3.93. The summed E-state index contributed by atoms with van der Waals surface area (Å²) >= 11 is 0. The van der Waals surface area contributed by atoms with Gasteiger partial charge in [0.15, 0.2) is 0 Å². The Morgan fingerprint density at radius 2 is 2.11 bits per heavy atom. The van der Waals surface area contributed by atoms with Crippen LogP contribution in [0, 0.1) is 6.92 Å². The molecule has 2 aromatic rings. The molecule has 2 fully saturated rings. The fourth-order valence-electron chi connectivity index (χ4n) is 3.93. The molecule has 2 saturated heterocycles. The lowest BCUT2D eigenvalue weighted by atomic mass is 9.83. The summed E-state index contributed by atoms with van der Waals surface area (Å²) in [5.74, 6) is 0.559. The standard InChI is InChI=1S/C20H24N4O3/c1-15-3-2-7-23-18(15)19(25)24-10-5-20(6-11-24)13-16(4-12-26-20)27-17-14-21-8-9-22-17/h2-3,7-9,14,16H,4-6,10-13H2,1H3. The number of likely N-dealkylation sites (tertiary alicyclic amines) is 1. The van der Waals surface area contributed by atoms with Crippen LogP contribution in [-0.4, -0.2) is 57.2 Å². The number of rotatable bonds is 3. The highest BCUT2D eigenvalue weighted by Crippen LogP contribution is 2.36. The second-order valence-corrected chi connectivity index (χ2v) is 7.27. The van der Waals surface area contributed by atoms with Crippen LogP contribution >= 0.6 is 0 Å². The molecular formula is C20H24N4O3. The van der Waals surface area contributed by atoms with Gasteiger partial charge >= 0.3 is 0 Å². The lowest BCUT2D eigenvalue weighted by molar-refractivity contribution is -0.135. The summed E-state index contributed by atoms with van der Waals surface area (Å²) in [4.78, 5) is 27.2. The average molecular weight is 368 g/mol. The van der Waals surface area contributed by atoms with Gasteiger partial charge in [-0.3, -0.25) is 14.8 Å². The van der Waals surface area contributed by atoms with E-state index in [9.17, 15) is 4.79 Å². The molecule has 0 bridgehead atoms. The summed E-state index contributed by atoms with van der Waals surface area (Å²) in [7, 11) is 0. The predicted molar refractivity (Wildman–Crippen MR) is 98.5 cm³/mol. The van der Waals surface area contributed by atoms with E-state index >= 15 is 0 Å². The van der Waals surface area contributed by atoms with Crippen LogP contribution in [0.15, 0.2) is 36.9 Å². The normalized spacial score (nSPS) is 21.8. The fraction of sp³-hybridized carbons (Fsp3) is 0.500. The number of carbonyl (C=O) groups excluding carboxylic acids is 1. The van der Waals surface area contributed by atoms with Gasteiger partial charge in [-0.05, 0) is 31.4 Å². The summed E-state index contributed by atoms with van der Waals surface area (Å²) in [6, 6.07) is 3.77. The second-order valence-electron chi connectivity index (χ2n) is 7.27. The molecular weight excluding hydrogens is 344 g/mol. The molecule has 0 N–H and O–H groups in total. The summed E-state index contributed by atoms with van der Waals surface area (Å²) in [5, 5.41) is 0. The highest BCUT2D eigenvalue weighted by atomic mass is 16.5. The van der Waals surface area contributed by atoms with Gasteiger partial charge in [0, 0.05) is 44.5 Å². The van der Waals surface area contributed by atoms with Crippen molar-refractivity contribution in [2.24, 2.45) is 0 Å². The van der Waals surface area contributed by atoms with Crippen molar-refractivity contribution in [2.75, 3.05) is 19.7 Å². The molecule has 4 heterocycles. The van der Waals surface area contributed by atoms with Crippen LogP contribution in [0.5, 0.6) is 5.88 Å². The minimum absolute atomic E-state index is 0.00567. The summed E-state index contributed by atoms with van der Waals surface area (Å²) in [6.45, 7) is 3.93. The van der Waals surface area contributed by atoms with E-state index in [1.165, 1.54) is 0 Å². The van der Waals surface area contributed by atoms with E-state index in [0.29, 0.717) is 31.3 Å². The van der Waals surface area contributed by atoms with Gasteiger partial charge < -0.3 is 14.4 Å². The molecule has 7 nitrogen and oxygen atoms in total. The minimum atomic E-state index is -0.221. The van der Waals surface area contributed by atoms with Crippen molar-refractivity contribution in [3.05, 3.63) is 48.2 Å². The third kappa shape index (κ3) is 3.93. The van der Waals surface area contributed by atoms with Crippen molar-refractivity contribution >= 4 is 5.91 Å². The number of piperidine rings is 1. The molecule has 4 rings (SSSR count). The van der Waals surface area contributed by atoms with Gasteiger partial charge in [0.05, 0.1) is 18.4 Å². The molecule has 1 atom stereocenters. The number of ether oxygens (including phenoxy) is 2. The van der Waals surface area contributed by atoms with Crippen molar-refractivity contribution < 1.29 is 14.3 Å². The van der Waals surface area contributed by atoms with E-state index in [2.05, 4.69) is 15.0 Å². The predicted octanol–water partition coefficient (Wildman–Crippen LogP) is 2.41. The molecule has 0 saturated carbocycles. The van der Waals surface area contributed by atoms with E-state index < -0.39 is 0 Å². The Balaban J connectivity index is 1.37. The van der Waals surface area contributed by atoms with Crippen molar-refractivity contribution in [1.29, 1.82) is 0 Å². The van der Waals surface area contributed by atoms with Gasteiger partial charge in [-0.2, -0.15) is 0 Å². The first-order valence-corrected chi connectivity index (χ1v) is 9.43. The highest BCUT2D eigenvalue weighted by molar-refractivity contribution is 5.93. The Labute approximate surface area is 158 Å². The number of amides is 1. The molecule has 2 aromatic heterocycles. The molecule has 27 heavy (non-hydrogen) atoms. The Bertz CT molecular complexity index is 791. The first-order valence-electron chi connectivity index (χ1n) is 9.43. The van der Waals surface area contributed by atoms with Crippen molar-refractivity contribution in [1.82, 2.24) is 19.9 Å². The number of carbonyl (C=O) groups is 1. The molecule has 2 aliphatic rings. The molecule has 0 aromatic carbocycles. The zero-order valence-electron chi connectivity index (χ0n) is 15.5. The minimum Gasteiger partial charge on any atom is -0.473 e. The number of pyridine rings is 1. The maximum Gasteiger partial charge on any atom is 0.272 e. The van der Waals surface area contributed by atoms with E-state index in [4.69, 9.17) is 9.47 Å². The van der Waals surface area contributed by atoms with Crippen LogP contribution in [-0.2, 0) is 4.74 Å². The third-order valence-corrected chi connectivity index (χ3v) is 5.45. The Hall–Kier alpha value is -2.54. The number of hydrogen-bond donors (Lipinski definition) is 0. The lowest BCUT2D eigenvalue weighted by Gasteiger charge is -2.45. The Morgan fingerprint density at radius 3 is 2.85 bits per heavy atom. The largest absolute Gasteiger partial charge is 0.473 e. The number of hydrogen-bond acceptors (Lipinski definition) is 6. The molecule has 7 heteroatoms. The van der Waals surface area contributed by atoms with Gasteiger partial charge in [-0.25, -0.2) is 4.98 Å².